The van der Waals surface area contributed by atoms with Crippen molar-refractivity contribution in [1.29, 1.82) is 0 Å². The van der Waals surface area contributed by atoms with E-state index in [0.717, 1.165) is 5.56 Å². The van der Waals surface area contributed by atoms with Gasteiger partial charge in [-0.1, -0.05) is 23.2 Å². The molecule has 2 N–H and O–H groups in total. The molecule has 3 aromatic rings. The summed E-state index contributed by atoms with van der Waals surface area (Å²) in [6.45, 7) is 0. The number of anilines is 1. The van der Waals surface area contributed by atoms with Crippen LogP contribution in [0.4, 0.5) is 10.1 Å². The Morgan fingerprint density at radius 3 is 2.29 bits per heavy atom. The number of tetrazole rings is 1. The zero-order valence-corrected chi connectivity index (χ0v) is 12.0. The largest absolute Gasteiger partial charge is 0.399 e. The molecular weight excluding hydrogens is 316 g/mol. The zero-order valence-electron chi connectivity index (χ0n) is 10.5. The molecule has 0 bridgehead atoms. The van der Waals surface area contributed by atoms with E-state index in [1.807, 2.05) is 0 Å². The van der Waals surface area contributed by atoms with Crippen molar-refractivity contribution in [3.63, 3.8) is 0 Å². The van der Waals surface area contributed by atoms with Gasteiger partial charge in [0, 0.05) is 11.3 Å². The normalized spacial score (nSPS) is 10.8. The van der Waals surface area contributed by atoms with E-state index in [2.05, 4.69) is 15.5 Å². The summed E-state index contributed by atoms with van der Waals surface area (Å²) in [5.74, 6) is -0.210. The number of nitrogens with zero attached hydrogens (tertiary/aromatic N) is 4. The highest BCUT2D eigenvalue weighted by Crippen LogP contribution is 2.28. The highest BCUT2D eigenvalue weighted by Gasteiger charge is 2.14. The van der Waals surface area contributed by atoms with Crippen LogP contribution in [0.3, 0.4) is 0 Å². The third-order valence-corrected chi connectivity index (χ3v) is 3.40. The van der Waals surface area contributed by atoms with E-state index in [9.17, 15) is 4.39 Å². The molecule has 0 saturated heterocycles. The van der Waals surface area contributed by atoms with E-state index in [1.165, 1.54) is 16.8 Å². The Kier molecular flexibility index (Phi) is 3.48. The molecule has 0 atom stereocenters. The first-order valence-electron chi connectivity index (χ1n) is 5.85. The lowest BCUT2D eigenvalue weighted by molar-refractivity contribution is 0.627. The van der Waals surface area contributed by atoms with Gasteiger partial charge >= 0.3 is 0 Å². The quantitative estimate of drug-likeness (QED) is 0.580. The van der Waals surface area contributed by atoms with Gasteiger partial charge in [0.05, 0.1) is 15.7 Å². The van der Waals surface area contributed by atoms with Gasteiger partial charge in [-0.3, -0.25) is 0 Å². The molecule has 1 aromatic heterocycles. The third kappa shape index (κ3) is 2.55. The van der Waals surface area contributed by atoms with Crippen molar-refractivity contribution < 1.29 is 4.39 Å². The Morgan fingerprint density at radius 2 is 1.67 bits per heavy atom. The predicted octanol–water partition coefficient (Wildman–Crippen LogP) is 3.36. The SMILES string of the molecule is Nc1ccc(-c2nnnn2-c2cc(Cl)c(F)c(Cl)c2)cc1. The van der Waals surface area contributed by atoms with Gasteiger partial charge in [-0.2, -0.15) is 4.68 Å². The van der Waals surface area contributed by atoms with Crippen LogP contribution < -0.4 is 5.73 Å². The fourth-order valence-electron chi connectivity index (χ4n) is 1.84. The second kappa shape index (κ2) is 5.31. The molecule has 0 spiro atoms. The van der Waals surface area contributed by atoms with Crippen molar-refractivity contribution in [2.24, 2.45) is 0 Å². The Balaban J connectivity index is 2.13. The molecule has 8 heteroatoms. The van der Waals surface area contributed by atoms with Crippen LogP contribution in [0.5, 0.6) is 0 Å². The van der Waals surface area contributed by atoms with Gasteiger partial charge < -0.3 is 5.73 Å². The Morgan fingerprint density at radius 1 is 1.05 bits per heavy atom. The van der Waals surface area contributed by atoms with Crippen LogP contribution in [-0.4, -0.2) is 20.2 Å². The van der Waals surface area contributed by atoms with Gasteiger partial charge in [0.15, 0.2) is 11.6 Å². The van der Waals surface area contributed by atoms with Gasteiger partial charge in [-0.25, -0.2) is 4.39 Å². The molecule has 0 amide bonds. The van der Waals surface area contributed by atoms with Gasteiger partial charge in [-0.15, -0.1) is 5.10 Å². The maximum atomic E-state index is 13.5. The monoisotopic (exact) mass is 323 g/mol. The molecule has 3 rings (SSSR count). The number of nitrogen functional groups attached to an aromatic ring is 1. The second-order valence-electron chi connectivity index (χ2n) is 4.26. The molecule has 0 unspecified atom stereocenters. The lowest BCUT2D eigenvalue weighted by Gasteiger charge is -2.07. The summed E-state index contributed by atoms with van der Waals surface area (Å²) in [6, 6.07) is 9.84. The predicted molar refractivity (Wildman–Crippen MR) is 79.0 cm³/mol. The first-order chi connectivity index (χ1) is 10.1. The highest BCUT2D eigenvalue weighted by molar-refractivity contribution is 6.35. The summed E-state index contributed by atoms with van der Waals surface area (Å²) >= 11 is 11.6. The Bertz CT molecular complexity index is 778. The van der Waals surface area contributed by atoms with Crippen molar-refractivity contribution >= 4 is 28.9 Å². The van der Waals surface area contributed by atoms with Crippen molar-refractivity contribution in [3.8, 4) is 17.1 Å². The minimum Gasteiger partial charge on any atom is -0.399 e. The van der Waals surface area contributed by atoms with Gasteiger partial charge in [0.1, 0.15) is 0 Å². The molecule has 0 fully saturated rings. The smallest absolute Gasteiger partial charge is 0.187 e. The first-order valence-corrected chi connectivity index (χ1v) is 6.61. The van der Waals surface area contributed by atoms with E-state index < -0.39 is 5.82 Å². The summed E-state index contributed by atoms with van der Waals surface area (Å²) < 4.78 is 14.9. The molecule has 21 heavy (non-hydrogen) atoms. The summed E-state index contributed by atoms with van der Waals surface area (Å²) in [4.78, 5) is 0. The summed E-state index contributed by atoms with van der Waals surface area (Å²) in [6.07, 6.45) is 0. The van der Waals surface area contributed by atoms with Gasteiger partial charge in [0.2, 0.25) is 0 Å². The van der Waals surface area contributed by atoms with Crippen LogP contribution in [0, 0.1) is 5.82 Å². The van der Waals surface area contributed by atoms with Gasteiger partial charge in [-0.05, 0) is 46.8 Å². The number of hydrogen-bond acceptors (Lipinski definition) is 4. The van der Waals surface area contributed by atoms with Crippen LogP contribution in [-0.2, 0) is 0 Å². The standard InChI is InChI=1S/C13H8Cl2FN5/c14-10-5-9(6-11(15)12(10)16)21-13(18-19-20-21)7-1-3-8(17)4-2-7/h1-6H,17H2. The summed E-state index contributed by atoms with van der Waals surface area (Å²) in [5, 5.41) is 11.3. The molecule has 0 aliphatic carbocycles. The van der Waals surface area contributed by atoms with E-state index in [-0.39, 0.29) is 10.0 Å². The van der Waals surface area contributed by atoms with Crippen LogP contribution in [0.25, 0.3) is 17.1 Å². The molecule has 2 aromatic carbocycles. The molecular formula is C13H8Cl2FN5. The molecule has 0 aliphatic heterocycles. The lowest BCUT2D eigenvalue weighted by atomic mass is 10.2. The van der Waals surface area contributed by atoms with Crippen molar-refractivity contribution in [2.45, 2.75) is 0 Å². The minimum absolute atomic E-state index is 0.101. The number of halogens is 3. The molecule has 106 valence electrons. The minimum atomic E-state index is -0.677. The Labute approximate surface area is 129 Å². The van der Waals surface area contributed by atoms with Crippen molar-refractivity contribution in [3.05, 3.63) is 52.3 Å². The number of hydrogen-bond donors (Lipinski definition) is 1. The second-order valence-corrected chi connectivity index (χ2v) is 5.07. The van der Waals surface area contributed by atoms with Crippen LogP contribution in [0.15, 0.2) is 36.4 Å². The van der Waals surface area contributed by atoms with Crippen LogP contribution in [0.2, 0.25) is 10.0 Å². The van der Waals surface area contributed by atoms with Crippen LogP contribution in [0.1, 0.15) is 0 Å². The fourth-order valence-corrected chi connectivity index (χ4v) is 2.31. The number of aromatic nitrogens is 4. The summed E-state index contributed by atoms with van der Waals surface area (Å²) in [7, 11) is 0. The zero-order chi connectivity index (χ0) is 15.0. The lowest BCUT2D eigenvalue weighted by Crippen LogP contribution is -2.01. The molecule has 1 heterocycles. The molecule has 0 aliphatic rings. The van der Waals surface area contributed by atoms with E-state index in [4.69, 9.17) is 28.9 Å². The number of nitrogens with two attached hydrogens (primary N) is 1. The van der Waals surface area contributed by atoms with Crippen molar-refractivity contribution in [1.82, 2.24) is 20.2 Å². The van der Waals surface area contributed by atoms with E-state index in [1.54, 1.807) is 24.3 Å². The topological polar surface area (TPSA) is 69.6 Å². The Hall–Kier alpha value is -2.18. The van der Waals surface area contributed by atoms with Gasteiger partial charge in [0.25, 0.3) is 0 Å². The van der Waals surface area contributed by atoms with E-state index in [0.29, 0.717) is 17.2 Å². The molecule has 0 saturated carbocycles. The number of rotatable bonds is 2. The summed E-state index contributed by atoms with van der Waals surface area (Å²) in [5.41, 5.74) is 7.50. The fraction of sp³-hybridized carbons (Fsp3) is 0. The maximum Gasteiger partial charge on any atom is 0.187 e. The maximum absolute atomic E-state index is 13.5. The number of benzene rings is 2. The average molecular weight is 324 g/mol. The molecule has 0 radical (unpaired) electrons. The van der Waals surface area contributed by atoms with E-state index >= 15 is 0 Å². The first kappa shape index (κ1) is 13.8. The van der Waals surface area contributed by atoms with Crippen molar-refractivity contribution in [2.75, 3.05) is 5.73 Å². The highest BCUT2D eigenvalue weighted by atomic mass is 35.5. The van der Waals surface area contributed by atoms with Crippen LogP contribution >= 0.6 is 23.2 Å². The third-order valence-electron chi connectivity index (χ3n) is 2.85. The average Bonchev–Trinajstić information content (AvgIpc) is 2.94. The molecule has 5 nitrogen and oxygen atoms in total.